The van der Waals surface area contributed by atoms with Crippen molar-refractivity contribution in [3.8, 4) is 22.1 Å². The second kappa shape index (κ2) is 11.7. The number of aryl methyl sites for hydroxylation is 2. The fourth-order valence-electron chi connectivity index (χ4n) is 4.29. The molecule has 1 aliphatic rings. The maximum absolute atomic E-state index is 13.2. The molecule has 0 spiro atoms. The third-order valence-electron chi connectivity index (χ3n) is 6.35. The summed E-state index contributed by atoms with van der Waals surface area (Å²) in [7, 11) is 3.26. The highest BCUT2D eigenvalue weighted by atomic mass is 32.1. The van der Waals surface area contributed by atoms with Crippen molar-refractivity contribution in [2.24, 2.45) is 0 Å². The van der Waals surface area contributed by atoms with E-state index < -0.39 is 0 Å². The van der Waals surface area contributed by atoms with Gasteiger partial charge in [0.15, 0.2) is 11.5 Å². The van der Waals surface area contributed by atoms with E-state index >= 15 is 0 Å². The van der Waals surface area contributed by atoms with Crippen LogP contribution in [0.1, 0.15) is 39.5 Å². The molecular weight excluding hydrogens is 462 g/mol. The van der Waals surface area contributed by atoms with Crippen LogP contribution in [0.2, 0.25) is 0 Å². The summed E-state index contributed by atoms with van der Waals surface area (Å²) < 4.78 is 16.5. The van der Waals surface area contributed by atoms with Crippen LogP contribution in [0.15, 0.2) is 42.5 Å². The predicted molar refractivity (Wildman–Crippen MR) is 139 cm³/mol. The largest absolute Gasteiger partial charge is 0.493 e. The number of ether oxygens (including phenoxy) is 3. The normalized spacial score (nSPS) is 15.0. The van der Waals surface area contributed by atoms with Gasteiger partial charge < -0.3 is 19.5 Å². The van der Waals surface area contributed by atoms with E-state index in [4.69, 9.17) is 14.2 Å². The highest BCUT2D eigenvalue weighted by molar-refractivity contribution is 7.17. The van der Waals surface area contributed by atoms with E-state index in [-0.39, 0.29) is 11.9 Å². The SMILES string of the molecule is CCc1ccc(-c2nc(C)c(C(=O)NC[C@H](c3ccc(OC)c(OC)c3)N3CCOCC3)s2)cc1. The van der Waals surface area contributed by atoms with Crippen molar-refractivity contribution in [3.05, 3.63) is 64.2 Å². The highest BCUT2D eigenvalue weighted by Gasteiger charge is 2.25. The maximum atomic E-state index is 13.2. The molecule has 2 heterocycles. The lowest BCUT2D eigenvalue weighted by atomic mass is 10.0. The van der Waals surface area contributed by atoms with Gasteiger partial charge in [0.05, 0.1) is 39.2 Å². The molecule has 1 N–H and O–H groups in total. The number of aromatic nitrogens is 1. The Morgan fingerprint density at radius 3 is 2.49 bits per heavy atom. The molecule has 1 aliphatic heterocycles. The standard InChI is InChI=1S/C27H33N3O4S/c1-5-19-6-8-20(9-7-19)27-29-18(2)25(35-27)26(31)28-17-22(30-12-14-34-15-13-30)21-10-11-23(32-3)24(16-21)33-4/h6-11,16,22H,5,12-15,17H2,1-4H3,(H,28,31)/t22-/m1/s1. The summed E-state index contributed by atoms with van der Waals surface area (Å²) in [5, 5.41) is 4.02. The first-order chi connectivity index (χ1) is 17.0. The fourth-order valence-corrected chi connectivity index (χ4v) is 5.28. The molecule has 1 aromatic heterocycles. The van der Waals surface area contributed by atoms with Gasteiger partial charge in [0.25, 0.3) is 5.91 Å². The summed E-state index contributed by atoms with van der Waals surface area (Å²) in [6, 6.07) is 14.3. The molecule has 0 aliphatic carbocycles. The van der Waals surface area contributed by atoms with Crippen molar-refractivity contribution in [2.75, 3.05) is 47.1 Å². The first-order valence-electron chi connectivity index (χ1n) is 11.9. The molecule has 3 aromatic rings. The maximum Gasteiger partial charge on any atom is 0.263 e. The number of thiazole rings is 1. The Morgan fingerprint density at radius 2 is 1.83 bits per heavy atom. The minimum atomic E-state index is -0.102. The Bertz CT molecular complexity index is 1140. The molecule has 0 bridgehead atoms. The van der Waals surface area contributed by atoms with E-state index in [1.165, 1.54) is 16.9 Å². The first kappa shape index (κ1) is 25.2. The molecule has 1 amide bonds. The van der Waals surface area contributed by atoms with Crippen molar-refractivity contribution in [1.29, 1.82) is 0 Å². The van der Waals surface area contributed by atoms with Gasteiger partial charge in [-0.1, -0.05) is 37.3 Å². The zero-order valence-corrected chi connectivity index (χ0v) is 21.6. The summed E-state index contributed by atoms with van der Waals surface area (Å²) in [6.07, 6.45) is 0.995. The highest BCUT2D eigenvalue weighted by Crippen LogP contribution is 2.33. The van der Waals surface area contributed by atoms with Gasteiger partial charge in [-0.2, -0.15) is 0 Å². The number of hydrogen-bond donors (Lipinski definition) is 1. The summed E-state index contributed by atoms with van der Waals surface area (Å²) in [5.41, 5.74) is 4.12. The Hall–Kier alpha value is -2.94. The van der Waals surface area contributed by atoms with Crippen LogP contribution in [0.4, 0.5) is 0 Å². The number of rotatable bonds is 9. The van der Waals surface area contributed by atoms with Crippen LogP contribution in [0.25, 0.3) is 10.6 Å². The number of carbonyl (C=O) groups is 1. The number of carbonyl (C=O) groups excluding carboxylic acids is 1. The summed E-state index contributed by atoms with van der Waals surface area (Å²) in [4.78, 5) is 20.9. The van der Waals surface area contributed by atoms with Gasteiger partial charge in [0.2, 0.25) is 0 Å². The van der Waals surface area contributed by atoms with Gasteiger partial charge >= 0.3 is 0 Å². The van der Waals surface area contributed by atoms with Crippen molar-refractivity contribution in [3.63, 3.8) is 0 Å². The average molecular weight is 496 g/mol. The van der Waals surface area contributed by atoms with Gasteiger partial charge in [-0.25, -0.2) is 4.98 Å². The Labute approximate surface area is 211 Å². The van der Waals surface area contributed by atoms with Gasteiger partial charge in [-0.15, -0.1) is 11.3 Å². The van der Waals surface area contributed by atoms with E-state index in [1.807, 2.05) is 25.1 Å². The molecule has 4 rings (SSSR count). The van der Waals surface area contributed by atoms with Crippen LogP contribution in [0.5, 0.6) is 11.5 Å². The van der Waals surface area contributed by atoms with E-state index in [9.17, 15) is 4.79 Å². The summed E-state index contributed by atoms with van der Waals surface area (Å²) >= 11 is 1.43. The van der Waals surface area contributed by atoms with Gasteiger partial charge in [-0.05, 0) is 36.6 Å². The van der Waals surface area contributed by atoms with Crippen LogP contribution in [-0.4, -0.2) is 62.9 Å². The number of benzene rings is 2. The molecule has 1 atom stereocenters. The number of amides is 1. The quantitative estimate of drug-likeness (QED) is 0.471. The topological polar surface area (TPSA) is 72.9 Å². The van der Waals surface area contributed by atoms with E-state index in [2.05, 4.69) is 46.4 Å². The summed E-state index contributed by atoms with van der Waals surface area (Å²) in [6.45, 7) is 7.43. The lowest BCUT2D eigenvalue weighted by Gasteiger charge is -2.35. The number of nitrogens with one attached hydrogen (secondary N) is 1. The first-order valence-corrected chi connectivity index (χ1v) is 12.7. The molecular formula is C27H33N3O4S. The van der Waals surface area contributed by atoms with E-state index in [0.29, 0.717) is 36.1 Å². The van der Waals surface area contributed by atoms with Crippen LogP contribution >= 0.6 is 11.3 Å². The van der Waals surface area contributed by atoms with Crippen LogP contribution in [-0.2, 0) is 11.2 Å². The Kier molecular flexibility index (Phi) is 8.38. The van der Waals surface area contributed by atoms with Crippen molar-refractivity contribution >= 4 is 17.2 Å². The van der Waals surface area contributed by atoms with Crippen LogP contribution in [0.3, 0.4) is 0 Å². The predicted octanol–water partition coefficient (Wildman–Crippen LogP) is 4.50. The number of morpholine rings is 1. The molecule has 0 radical (unpaired) electrons. The summed E-state index contributed by atoms with van der Waals surface area (Å²) in [5.74, 6) is 1.25. The van der Waals surface area contributed by atoms with Crippen molar-refractivity contribution in [1.82, 2.24) is 15.2 Å². The minimum Gasteiger partial charge on any atom is -0.493 e. The van der Waals surface area contributed by atoms with Crippen molar-refractivity contribution in [2.45, 2.75) is 26.3 Å². The third-order valence-corrected chi connectivity index (χ3v) is 7.55. The molecule has 8 heteroatoms. The molecule has 1 fully saturated rings. The molecule has 0 unspecified atom stereocenters. The third kappa shape index (κ3) is 5.83. The van der Waals surface area contributed by atoms with Crippen LogP contribution < -0.4 is 14.8 Å². The Morgan fingerprint density at radius 1 is 1.11 bits per heavy atom. The lowest BCUT2D eigenvalue weighted by molar-refractivity contribution is 0.0162. The molecule has 1 saturated heterocycles. The number of nitrogens with zero attached hydrogens (tertiary/aromatic N) is 2. The molecule has 35 heavy (non-hydrogen) atoms. The monoisotopic (exact) mass is 495 g/mol. The second-order valence-corrected chi connectivity index (χ2v) is 9.47. The smallest absolute Gasteiger partial charge is 0.263 e. The molecule has 0 saturated carbocycles. The van der Waals surface area contributed by atoms with Crippen LogP contribution in [0, 0.1) is 6.92 Å². The van der Waals surface area contributed by atoms with Gasteiger partial charge in [0.1, 0.15) is 9.88 Å². The van der Waals surface area contributed by atoms with Gasteiger partial charge in [0, 0.05) is 25.2 Å². The van der Waals surface area contributed by atoms with E-state index in [1.54, 1.807) is 14.2 Å². The fraction of sp³-hybridized carbons (Fsp3) is 0.407. The molecule has 7 nitrogen and oxygen atoms in total. The van der Waals surface area contributed by atoms with Gasteiger partial charge in [-0.3, -0.25) is 9.69 Å². The molecule has 186 valence electrons. The number of methoxy groups -OCH3 is 2. The Balaban J connectivity index is 1.52. The van der Waals surface area contributed by atoms with E-state index in [0.717, 1.165) is 41.3 Å². The zero-order valence-electron chi connectivity index (χ0n) is 20.8. The number of hydrogen-bond acceptors (Lipinski definition) is 7. The minimum absolute atomic E-state index is 0.0167. The molecule has 2 aromatic carbocycles. The lowest BCUT2D eigenvalue weighted by Crippen LogP contribution is -2.43. The zero-order chi connectivity index (χ0) is 24.8. The second-order valence-electron chi connectivity index (χ2n) is 8.47. The van der Waals surface area contributed by atoms with Crippen molar-refractivity contribution < 1.29 is 19.0 Å². The average Bonchev–Trinajstić information content (AvgIpc) is 3.30.